The van der Waals surface area contributed by atoms with Crippen LogP contribution >= 0.6 is 11.3 Å². The van der Waals surface area contributed by atoms with Crippen molar-refractivity contribution in [2.24, 2.45) is 0 Å². The van der Waals surface area contributed by atoms with Crippen LogP contribution < -0.4 is 5.32 Å². The van der Waals surface area contributed by atoms with Gasteiger partial charge in [-0.25, -0.2) is 4.79 Å². The summed E-state index contributed by atoms with van der Waals surface area (Å²) in [5, 5.41) is 13.4. The number of aliphatic carboxylic acids is 1. The zero-order valence-electron chi connectivity index (χ0n) is 10.0. The molecule has 3 rings (SSSR count). The highest BCUT2D eigenvalue weighted by Crippen LogP contribution is 2.41. The number of fused-ring (bicyclic) bond motifs is 2. The molecular weight excluding hydrogens is 268 g/mol. The quantitative estimate of drug-likeness (QED) is 0.789. The van der Waals surface area contributed by atoms with Gasteiger partial charge in [-0.05, 0) is 30.7 Å². The second kappa shape index (κ2) is 4.06. The van der Waals surface area contributed by atoms with Gasteiger partial charge in [-0.3, -0.25) is 14.5 Å². The van der Waals surface area contributed by atoms with Crippen LogP contribution in [-0.2, 0) is 21.5 Å². The van der Waals surface area contributed by atoms with E-state index in [1.165, 1.54) is 0 Å². The lowest BCUT2D eigenvalue weighted by atomic mass is 9.80. The van der Waals surface area contributed by atoms with Crippen LogP contribution in [0.1, 0.15) is 23.3 Å². The summed E-state index contributed by atoms with van der Waals surface area (Å²) in [6.07, 6.45) is 2.23. The number of nitrogens with one attached hydrogen (secondary N) is 1. The Morgan fingerprint density at radius 3 is 3.05 bits per heavy atom. The molecule has 2 aliphatic rings. The minimum absolute atomic E-state index is 0.445. The third kappa shape index (κ3) is 1.65. The van der Waals surface area contributed by atoms with Crippen molar-refractivity contribution in [1.29, 1.82) is 0 Å². The maximum absolute atomic E-state index is 12.5. The Kier molecular flexibility index (Phi) is 2.60. The summed E-state index contributed by atoms with van der Waals surface area (Å²) in [4.78, 5) is 37.0. The Hall–Kier alpha value is -1.89. The number of hydrogen-bond acceptors (Lipinski definition) is 4. The average molecular weight is 280 g/mol. The van der Waals surface area contributed by atoms with Gasteiger partial charge in [0.1, 0.15) is 12.1 Å². The topological polar surface area (TPSA) is 86.7 Å². The van der Waals surface area contributed by atoms with Gasteiger partial charge < -0.3 is 10.4 Å². The minimum Gasteiger partial charge on any atom is -0.480 e. The molecule has 0 aromatic carbocycles. The first kappa shape index (κ1) is 12.2. The largest absolute Gasteiger partial charge is 0.480 e. The molecule has 0 saturated carbocycles. The summed E-state index contributed by atoms with van der Waals surface area (Å²) in [6, 6.07) is 1.23. The zero-order valence-corrected chi connectivity index (χ0v) is 10.8. The second-order valence-corrected chi connectivity index (χ2v) is 5.73. The van der Waals surface area contributed by atoms with Crippen LogP contribution in [0, 0.1) is 0 Å². The molecule has 1 aromatic heterocycles. The third-order valence-electron chi connectivity index (χ3n) is 3.63. The number of carboxylic acid groups (broad SMARTS) is 1. The number of carbonyl (C=O) groups is 3. The molecule has 19 heavy (non-hydrogen) atoms. The summed E-state index contributed by atoms with van der Waals surface area (Å²) < 4.78 is 0. The van der Waals surface area contributed by atoms with Crippen molar-refractivity contribution in [3.05, 3.63) is 21.9 Å². The van der Waals surface area contributed by atoms with Crippen molar-refractivity contribution < 1.29 is 19.5 Å². The summed E-state index contributed by atoms with van der Waals surface area (Å²) in [6.45, 7) is -0.591. The Morgan fingerprint density at radius 2 is 2.32 bits per heavy atom. The molecular formula is C12H12N2O4S. The molecule has 1 atom stereocenters. The molecule has 1 spiro atoms. The van der Waals surface area contributed by atoms with Crippen molar-refractivity contribution >= 4 is 29.2 Å². The van der Waals surface area contributed by atoms with E-state index in [4.69, 9.17) is 5.11 Å². The number of carboxylic acids is 1. The summed E-state index contributed by atoms with van der Waals surface area (Å²) >= 11 is 1.57. The Balaban J connectivity index is 2.02. The van der Waals surface area contributed by atoms with Crippen molar-refractivity contribution in [1.82, 2.24) is 10.2 Å². The van der Waals surface area contributed by atoms with E-state index in [0.29, 0.717) is 6.42 Å². The highest BCUT2D eigenvalue weighted by molar-refractivity contribution is 7.10. The van der Waals surface area contributed by atoms with Gasteiger partial charge in [-0.1, -0.05) is 0 Å². The Bertz CT molecular complexity index is 582. The van der Waals surface area contributed by atoms with E-state index in [-0.39, 0.29) is 0 Å². The van der Waals surface area contributed by atoms with Crippen LogP contribution in [0.2, 0.25) is 0 Å². The fourth-order valence-electron chi connectivity index (χ4n) is 2.82. The molecule has 0 unspecified atom stereocenters. The molecule has 0 bridgehead atoms. The molecule has 100 valence electrons. The van der Waals surface area contributed by atoms with E-state index >= 15 is 0 Å². The van der Waals surface area contributed by atoms with Crippen LogP contribution in [0.3, 0.4) is 0 Å². The molecule has 1 aliphatic heterocycles. The SMILES string of the molecule is O=C(O)CN1C(=O)N[C@]2(CCCc3sccc32)C1=O. The van der Waals surface area contributed by atoms with Crippen LogP contribution in [0.5, 0.6) is 0 Å². The molecule has 6 nitrogen and oxygen atoms in total. The molecule has 7 heteroatoms. The van der Waals surface area contributed by atoms with Gasteiger partial charge in [-0.15, -0.1) is 11.3 Å². The molecule has 1 saturated heterocycles. The first-order valence-corrected chi connectivity index (χ1v) is 6.85. The van der Waals surface area contributed by atoms with Gasteiger partial charge in [-0.2, -0.15) is 0 Å². The number of rotatable bonds is 2. The standard InChI is InChI=1S/C12H12N2O4S/c15-9(16)6-14-10(17)12(13-11(14)18)4-1-2-8-7(12)3-5-19-8/h3,5H,1-2,4,6H2,(H,13,18)(H,15,16)/t12-/m0/s1. The van der Waals surface area contributed by atoms with Crippen molar-refractivity contribution in [3.63, 3.8) is 0 Å². The molecule has 3 amide bonds. The summed E-state index contributed by atoms with van der Waals surface area (Å²) in [7, 11) is 0. The summed E-state index contributed by atoms with van der Waals surface area (Å²) in [5.41, 5.74) is -0.213. The van der Waals surface area contributed by atoms with Gasteiger partial charge in [0.25, 0.3) is 5.91 Å². The van der Waals surface area contributed by atoms with Crippen LogP contribution in [0.25, 0.3) is 0 Å². The zero-order chi connectivity index (χ0) is 13.6. The van der Waals surface area contributed by atoms with Gasteiger partial charge >= 0.3 is 12.0 Å². The Labute approximate surface area is 113 Å². The predicted octanol–water partition coefficient (Wildman–Crippen LogP) is 0.916. The lowest BCUT2D eigenvalue weighted by Crippen LogP contribution is -2.46. The van der Waals surface area contributed by atoms with E-state index in [1.54, 1.807) is 11.3 Å². The smallest absolute Gasteiger partial charge is 0.325 e. The predicted molar refractivity (Wildman–Crippen MR) is 66.8 cm³/mol. The van der Waals surface area contributed by atoms with E-state index in [9.17, 15) is 14.4 Å². The van der Waals surface area contributed by atoms with E-state index < -0.39 is 30.0 Å². The van der Waals surface area contributed by atoms with Gasteiger partial charge in [0.15, 0.2) is 0 Å². The first-order chi connectivity index (χ1) is 9.04. The number of hydrogen-bond donors (Lipinski definition) is 2. The molecule has 0 radical (unpaired) electrons. The van der Waals surface area contributed by atoms with Crippen LogP contribution in [0.4, 0.5) is 4.79 Å². The number of thiophene rings is 1. The van der Waals surface area contributed by atoms with E-state index in [1.807, 2.05) is 11.4 Å². The van der Waals surface area contributed by atoms with Gasteiger partial charge in [0, 0.05) is 10.4 Å². The van der Waals surface area contributed by atoms with Crippen molar-refractivity contribution in [2.75, 3.05) is 6.54 Å². The molecule has 2 heterocycles. The number of urea groups is 1. The monoisotopic (exact) mass is 280 g/mol. The average Bonchev–Trinajstić information content (AvgIpc) is 2.91. The number of nitrogens with zero attached hydrogens (tertiary/aromatic N) is 1. The lowest BCUT2D eigenvalue weighted by Gasteiger charge is -2.31. The molecule has 2 N–H and O–H groups in total. The van der Waals surface area contributed by atoms with Crippen molar-refractivity contribution in [3.8, 4) is 0 Å². The van der Waals surface area contributed by atoms with E-state index in [0.717, 1.165) is 28.2 Å². The molecule has 1 fully saturated rings. The number of carbonyl (C=O) groups excluding carboxylic acids is 2. The molecule has 1 aliphatic carbocycles. The lowest BCUT2D eigenvalue weighted by molar-refractivity contribution is -0.143. The van der Waals surface area contributed by atoms with Crippen LogP contribution in [0.15, 0.2) is 11.4 Å². The number of imide groups is 1. The third-order valence-corrected chi connectivity index (χ3v) is 4.61. The van der Waals surface area contributed by atoms with Gasteiger partial charge in [0.2, 0.25) is 0 Å². The fourth-order valence-corrected chi connectivity index (χ4v) is 3.82. The second-order valence-electron chi connectivity index (χ2n) is 4.73. The van der Waals surface area contributed by atoms with E-state index in [2.05, 4.69) is 5.32 Å². The fraction of sp³-hybridized carbons (Fsp3) is 0.417. The van der Waals surface area contributed by atoms with Gasteiger partial charge in [0.05, 0.1) is 0 Å². The number of aryl methyl sites for hydroxylation is 1. The summed E-state index contributed by atoms with van der Waals surface area (Å²) in [5.74, 6) is -1.64. The normalized spacial score (nSPS) is 25.6. The maximum Gasteiger partial charge on any atom is 0.325 e. The number of amides is 3. The maximum atomic E-state index is 12.5. The highest BCUT2D eigenvalue weighted by atomic mass is 32.1. The first-order valence-electron chi connectivity index (χ1n) is 5.97. The van der Waals surface area contributed by atoms with Crippen molar-refractivity contribution in [2.45, 2.75) is 24.8 Å². The minimum atomic E-state index is -1.19. The highest BCUT2D eigenvalue weighted by Gasteiger charge is 2.54. The Morgan fingerprint density at radius 1 is 1.53 bits per heavy atom. The molecule has 1 aromatic rings. The van der Waals surface area contributed by atoms with Crippen LogP contribution in [-0.4, -0.2) is 34.5 Å².